The highest BCUT2D eigenvalue weighted by Gasteiger charge is 2.11. The molecule has 0 saturated carbocycles. The zero-order valence-electron chi connectivity index (χ0n) is 9.58. The summed E-state index contributed by atoms with van der Waals surface area (Å²) < 4.78 is 13.4. The van der Waals surface area contributed by atoms with Gasteiger partial charge in [-0.05, 0) is 58.7 Å². The number of rotatable bonds is 2. The van der Waals surface area contributed by atoms with E-state index in [1.165, 1.54) is 18.2 Å². The number of amides is 1. The minimum atomic E-state index is -0.326. The fourth-order valence-corrected chi connectivity index (χ4v) is 1.94. The summed E-state index contributed by atoms with van der Waals surface area (Å²) in [6.45, 7) is 1.73. The molecule has 1 amide bonds. The number of aryl methyl sites for hydroxylation is 1. The summed E-state index contributed by atoms with van der Waals surface area (Å²) in [4.78, 5) is 16.0. The number of anilines is 1. The van der Waals surface area contributed by atoms with Crippen LogP contribution in [0.1, 0.15) is 15.9 Å². The van der Waals surface area contributed by atoms with Gasteiger partial charge >= 0.3 is 0 Å². The Morgan fingerprint density at radius 3 is 2.83 bits per heavy atom. The average molecular weight is 309 g/mol. The van der Waals surface area contributed by atoms with Crippen molar-refractivity contribution in [2.75, 3.05) is 5.32 Å². The van der Waals surface area contributed by atoms with Crippen molar-refractivity contribution >= 4 is 27.5 Å². The number of hydrogen-bond donors (Lipinski definition) is 1. The van der Waals surface area contributed by atoms with Crippen molar-refractivity contribution in [1.82, 2.24) is 4.98 Å². The van der Waals surface area contributed by atoms with Gasteiger partial charge in [0.25, 0.3) is 5.91 Å². The summed E-state index contributed by atoms with van der Waals surface area (Å²) in [6.07, 6.45) is 1.59. The number of hydrogen-bond acceptors (Lipinski definition) is 2. The Morgan fingerprint density at radius 1 is 1.39 bits per heavy atom. The topological polar surface area (TPSA) is 42.0 Å². The van der Waals surface area contributed by atoms with Crippen molar-refractivity contribution in [2.24, 2.45) is 0 Å². The van der Waals surface area contributed by atoms with Crippen molar-refractivity contribution in [3.8, 4) is 0 Å². The van der Waals surface area contributed by atoms with Crippen LogP contribution in [0.15, 0.2) is 41.1 Å². The number of benzene rings is 1. The summed E-state index contributed by atoms with van der Waals surface area (Å²) in [7, 11) is 0. The van der Waals surface area contributed by atoms with E-state index in [-0.39, 0.29) is 11.7 Å². The van der Waals surface area contributed by atoms with Crippen LogP contribution < -0.4 is 5.32 Å². The Kier molecular flexibility index (Phi) is 3.72. The number of nitrogens with one attached hydrogen (secondary N) is 1. The van der Waals surface area contributed by atoms with Gasteiger partial charge in [0.2, 0.25) is 0 Å². The fourth-order valence-electron chi connectivity index (χ4n) is 1.51. The Bertz CT molecular complexity index is 601. The Hall–Kier alpha value is -1.75. The van der Waals surface area contributed by atoms with Crippen LogP contribution in [0.3, 0.4) is 0 Å². The zero-order chi connectivity index (χ0) is 13.1. The van der Waals surface area contributed by atoms with Gasteiger partial charge in [-0.15, -0.1) is 0 Å². The van der Waals surface area contributed by atoms with E-state index >= 15 is 0 Å². The minimum Gasteiger partial charge on any atom is -0.322 e. The van der Waals surface area contributed by atoms with Gasteiger partial charge in [0.1, 0.15) is 10.4 Å². The summed E-state index contributed by atoms with van der Waals surface area (Å²) in [5, 5.41) is 2.72. The highest BCUT2D eigenvalue weighted by atomic mass is 79.9. The van der Waals surface area contributed by atoms with E-state index in [0.717, 1.165) is 0 Å². The van der Waals surface area contributed by atoms with E-state index < -0.39 is 0 Å². The van der Waals surface area contributed by atoms with Gasteiger partial charge in [0.05, 0.1) is 5.56 Å². The normalized spacial score (nSPS) is 10.2. The van der Waals surface area contributed by atoms with Gasteiger partial charge in [-0.25, -0.2) is 9.37 Å². The van der Waals surface area contributed by atoms with Gasteiger partial charge in [-0.1, -0.05) is 0 Å². The fraction of sp³-hybridized carbons (Fsp3) is 0.0769. The molecule has 1 aromatic carbocycles. The SMILES string of the molecule is Cc1cc(F)ccc1NC(=O)c1cccnc1Br. The summed E-state index contributed by atoms with van der Waals surface area (Å²) in [5.41, 5.74) is 1.68. The van der Waals surface area contributed by atoms with Crippen LogP contribution in [0.4, 0.5) is 10.1 Å². The molecule has 0 atom stereocenters. The van der Waals surface area contributed by atoms with E-state index in [9.17, 15) is 9.18 Å². The largest absolute Gasteiger partial charge is 0.322 e. The molecule has 0 aliphatic heterocycles. The van der Waals surface area contributed by atoms with Crippen molar-refractivity contribution in [3.63, 3.8) is 0 Å². The number of carbonyl (C=O) groups excluding carboxylic acids is 1. The lowest BCUT2D eigenvalue weighted by Gasteiger charge is -2.09. The Morgan fingerprint density at radius 2 is 2.17 bits per heavy atom. The van der Waals surface area contributed by atoms with Gasteiger partial charge in [-0.2, -0.15) is 0 Å². The second kappa shape index (κ2) is 5.27. The molecule has 18 heavy (non-hydrogen) atoms. The van der Waals surface area contributed by atoms with E-state index in [1.54, 1.807) is 25.3 Å². The maximum Gasteiger partial charge on any atom is 0.258 e. The summed E-state index contributed by atoms with van der Waals surface area (Å²) in [5.74, 6) is -0.613. The predicted molar refractivity (Wildman–Crippen MR) is 71.0 cm³/mol. The Balaban J connectivity index is 2.24. The third-order valence-corrected chi connectivity index (χ3v) is 3.07. The molecule has 2 rings (SSSR count). The number of pyridine rings is 1. The number of halogens is 2. The lowest BCUT2D eigenvalue weighted by atomic mass is 10.2. The smallest absolute Gasteiger partial charge is 0.258 e. The molecule has 5 heteroatoms. The van der Waals surface area contributed by atoms with Gasteiger partial charge < -0.3 is 5.32 Å². The molecular weight excluding hydrogens is 299 g/mol. The third-order valence-electron chi connectivity index (χ3n) is 2.44. The van der Waals surface area contributed by atoms with Crippen LogP contribution in [0.25, 0.3) is 0 Å². The molecule has 1 N–H and O–H groups in total. The second-order valence-corrected chi connectivity index (χ2v) is 4.51. The van der Waals surface area contributed by atoms with E-state index in [4.69, 9.17) is 0 Å². The highest BCUT2D eigenvalue weighted by molar-refractivity contribution is 9.10. The van der Waals surface area contributed by atoms with Crippen molar-refractivity contribution in [3.05, 3.63) is 58.1 Å². The number of aromatic nitrogens is 1. The maximum atomic E-state index is 12.9. The molecule has 1 aromatic heterocycles. The predicted octanol–water partition coefficient (Wildman–Crippen LogP) is 3.54. The number of nitrogens with zero attached hydrogens (tertiary/aromatic N) is 1. The molecule has 2 aromatic rings. The highest BCUT2D eigenvalue weighted by Crippen LogP contribution is 2.19. The van der Waals surface area contributed by atoms with Gasteiger partial charge in [0, 0.05) is 11.9 Å². The van der Waals surface area contributed by atoms with Crippen LogP contribution in [-0.4, -0.2) is 10.9 Å². The minimum absolute atomic E-state index is 0.287. The molecule has 3 nitrogen and oxygen atoms in total. The molecule has 0 bridgehead atoms. The molecule has 0 saturated heterocycles. The van der Waals surface area contributed by atoms with Crippen molar-refractivity contribution in [1.29, 1.82) is 0 Å². The van der Waals surface area contributed by atoms with Crippen LogP contribution in [0, 0.1) is 12.7 Å². The van der Waals surface area contributed by atoms with Crippen LogP contribution >= 0.6 is 15.9 Å². The molecule has 0 aliphatic carbocycles. The molecule has 0 aliphatic rings. The number of carbonyl (C=O) groups is 1. The van der Waals surface area contributed by atoms with Gasteiger partial charge in [0.15, 0.2) is 0 Å². The molecular formula is C13H10BrFN2O. The zero-order valence-corrected chi connectivity index (χ0v) is 11.2. The third kappa shape index (κ3) is 2.73. The standard InChI is InChI=1S/C13H10BrFN2O/c1-8-7-9(15)4-5-11(8)17-13(18)10-3-2-6-16-12(10)14/h2-7H,1H3,(H,17,18). The second-order valence-electron chi connectivity index (χ2n) is 3.76. The molecule has 92 valence electrons. The first-order chi connectivity index (χ1) is 8.58. The summed E-state index contributed by atoms with van der Waals surface area (Å²) in [6, 6.07) is 7.55. The lowest BCUT2D eigenvalue weighted by Crippen LogP contribution is -2.13. The first-order valence-corrected chi connectivity index (χ1v) is 6.05. The quantitative estimate of drug-likeness (QED) is 0.862. The average Bonchev–Trinajstić information content (AvgIpc) is 2.33. The van der Waals surface area contributed by atoms with E-state index in [0.29, 0.717) is 21.4 Å². The Labute approximate surface area is 112 Å². The van der Waals surface area contributed by atoms with Gasteiger partial charge in [-0.3, -0.25) is 4.79 Å². The summed E-state index contributed by atoms with van der Waals surface area (Å²) >= 11 is 3.21. The monoisotopic (exact) mass is 308 g/mol. The van der Waals surface area contributed by atoms with E-state index in [2.05, 4.69) is 26.2 Å². The first-order valence-electron chi connectivity index (χ1n) is 5.26. The molecule has 1 heterocycles. The maximum absolute atomic E-state index is 12.9. The van der Waals surface area contributed by atoms with Crippen LogP contribution in [-0.2, 0) is 0 Å². The molecule has 0 fully saturated rings. The van der Waals surface area contributed by atoms with Crippen molar-refractivity contribution < 1.29 is 9.18 Å². The van der Waals surface area contributed by atoms with Crippen LogP contribution in [0.5, 0.6) is 0 Å². The first kappa shape index (κ1) is 12.7. The molecule has 0 radical (unpaired) electrons. The van der Waals surface area contributed by atoms with Crippen molar-refractivity contribution in [2.45, 2.75) is 6.92 Å². The lowest BCUT2D eigenvalue weighted by molar-refractivity contribution is 0.102. The van der Waals surface area contributed by atoms with Crippen LogP contribution in [0.2, 0.25) is 0 Å². The van der Waals surface area contributed by atoms with E-state index in [1.807, 2.05) is 0 Å². The molecule has 0 spiro atoms. The molecule has 0 unspecified atom stereocenters.